The van der Waals surface area contributed by atoms with Gasteiger partial charge in [-0.05, 0) is 18.8 Å². The molecule has 1 aromatic rings. The van der Waals surface area contributed by atoms with E-state index in [0.717, 1.165) is 37.0 Å². The summed E-state index contributed by atoms with van der Waals surface area (Å²) in [5.74, 6) is 3.93. The molecule has 0 spiro atoms. The van der Waals surface area contributed by atoms with Gasteiger partial charge in [0.25, 0.3) is 0 Å². The Hall–Kier alpha value is -1.32. The van der Waals surface area contributed by atoms with Crippen LogP contribution in [0.2, 0.25) is 0 Å². The summed E-state index contributed by atoms with van der Waals surface area (Å²) in [5.41, 5.74) is 0. The molecule has 1 aromatic heterocycles. The third kappa shape index (κ3) is 5.35. The van der Waals surface area contributed by atoms with Gasteiger partial charge in [0.1, 0.15) is 17.5 Å². The molecule has 1 rings (SSSR count). The van der Waals surface area contributed by atoms with Gasteiger partial charge in [0.2, 0.25) is 0 Å². The topological polar surface area (TPSA) is 41.0 Å². The van der Waals surface area contributed by atoms with E-state index in [1.165, 1.54) is 6.42 Å². The maximum atomic E-state index is 4.69. The van der Waals surface area contributed by atoms with E-state index in [2.05, 4.69) is 62.9 Å². The van der Waals surface area contributed by atoms with E-state index in [1.54, 1.807) is 0 Å². The highest BCUT2D eigenvalue weighted by atomic mass is 15.2. The van der Waals surface area contributed by atoms with Crippen LogP contribution in [0.5, 0.6) is 0 Å². The third-order valence-corrected chi connectivity index (χ3v) is 3.24. The Bertz CT molecular complexity index is 401. The van der Waals surface area contributed by atoms with Gasteiger partial charge in [-0.3, -0.25) is 0 Å². The van der Waals surface area contributed by atoms with E-state index >= 15 is 0 Å². The van der Waals surface area contributed by atoms with Crippen LogP contribution in [0, 0.1) is 5.92 Å². The Balaban J connectivity index is 2.89. The van der Waals surface area contributed by atoms with Gasteiger partial charge in [0.05, 0.1) is 0 Å². The van der Waals surface area contributed by atoms with E-state index in [1.807, 2.05) is 0 Å². The molecule has 0 bridgehead atoms. The first-order chi connectivity index (χ1) is 9.43. The summed E-state index contributed by atoms with van der Waals surface area (Å²) in [6.45, 7) is 12.9. The second-order valence-corrected chi connectivity index (χ2v) is 6.16. The highest BCUT2D eigenvalue weighted by Gasteiger charge is 2.11. The minimum atomic E-state index is 0.343. The van der Waals surface area contributed by atoms with Gasteiger partial charge >= 0.3 is 0 Å². The van der Waals surface area contributed by atoms with Crippen LogP contribution in [0.15, 0.2) is 6.07 Å². The van der Waals surface area contributed by atoms with Crippen molar-refractivity contribution >= 4 is 11.6 Å². The highest BCUT2D eigenvalue weighted by molar-refractivity contribution is 5.49. The van der Waals surface area contributed by atoms with Gasteiger partial charge in [-0.25, -0.2) is 9.97 Å². The molecule has 0 atom stereocenters. The maximum absolute atomic E-state index is 4.69. The molecule has 4 nitrogen and oxygen atoms in total. The highest BCUT2D eigenvalue weighted by Crippen LogP contribution is 2.20. The molecular formula is C16H30N4. The van der Waals surface area contributed by atoms with Crippen LogP contribution in [0.1, 0.15) is 59.2 Å². The largest absolute Gasteiger partial charge is 0.370 e. The fourth-order valence-electron chi connectivity index (χ4n) is 1.82. The Morgan fingerprint density at radius 1 is 1.20 bits per heavy atom. The summed E-state index contributed by atoms with van der Waals surface area (Å²) < 4.78 is 0. The van der Waals surface area contributed by atoms with Crippen molar-refractivity contribution in [1.82, 2.24) is 9.97 Å². The minimum Gasteiger partial charge on any atom is -0.370 e. The molecule has 114 valence electrons. The summed E-state index contributed by atoms with van der Waals surface area (Å²) in [6, 6.07) is 2.06. The number of nitrogens with zero attached hydrogens (tertiary/aromatic N) is 3. The summed E-state index contributed by atoms with van der Waals surface area (Å²) in [5, 5.41) is 3.37. The van der Waals surface area contributed by atoms with E-state index < -0.39 is 0 Å². The molecule has 0 saturated heterocycles. The Labute approximate surface area is 124 Å². The first kappa shape index (κ1) is 16.7. The zero-order valence-corrected chi connectivity index (χ0v) is 13.9. The lowest BCUT2D eigenvalue weighted by Crippen LogP contribution is -2.22. The van der Waals surface area contributed by atoms with Crippen LogP contribution in [-0.4, -0.2) is 30.1 Å². The number of aromatic nitrogens is 2. The summed E-state index contributed by atoms with van der Waals surface area (Å²) >= 11 is 0. The number of hydrogen-bond donors (Lipinski definition) is 1. The Kier molecular flexibility index (Phi) is 6.76. The van der Waals surface area contributed by atoms with Crippen LogP contribution >= 0.6 is 0 Å². The minimum absolute atomic E-state index is 0.343. The molecule has 0 radical (unpaired) electrons. The maximum Gasteiger partial charge on any atom is 0.135 e. The monoisotopic (exact) mass is 278 g/mol. The predicted molar refractivity (Wildman–Crippen MR) is 87.6 cm³/mol. The van der Waals surface area contributed by atoms with E-state index in [4.69, 9.17) is 4.98 Å². The van der Waals surface area contributed by atoms with E-state index in [-0.39, 0.29) is 0 Å². The lowest BCUT2D eigenvalue weighted by Gasteiger charge is -2.21. The molecule has 0 fully saturated rings. The van der Waals surface area contributed by atoms with Gasteiger partial charge in [-0.1, -0.05) is 34.6 Å². The van der Waals surface area contributed by atoms with Crippen molar-refractivity contribution in [3.8, 4) is 0 Å². The molecular weight excluding hydrogens is 248 g/mol. The molecule has 0 aliphatic rings. The van der Waals surface area contributed by atoms with Gasteiger partial charge < -0.3 is 10.2 Å². The number of nitrogens with one attached hydrogen (secondary N) is 1. The molecule has 20 heavy (non-hydrogen) atoms. The summed E-state index contributed by atoms with van der Waals surface area (Å²) in [6.07, 6.45) is 2.27. The molecule has 4 heteroatoms. The first-order valence-electron chi connectivity index (χ1n) is 7.78. The molecule has 0 aliphatic heterocycles. The van der Waals surface area contributed by atoms with Crippen LogP contribution in [0.25, 0.3) is 0 Å². The number of hydrogen-bond acceptors (Lipinski definition) is 4. The van der Waals surface area contributed by atoms with E-state index in [0.29, 0.717) is 11.8 Å². The molecule has 1 heterocycles. The molecule has 0 saturated carbocycles. The van der Waals surface area contributed by atoms with Crippen molar-refractivity contribution in [2.45, 2.75) is 53.4 Å². The average molecular weight is 278 g/mol. The summed E-state index contributed by atoms with van der Waals surface area (Å²) in [7, 11) is 2.11. The van der Waals surface area contributed by atoms with Crippen LogP contribution < -0.4 is 10.2 Å². The van der Waals surface area contributed by atoms with Crippen molar-refractivity contribution in [3.63, 3.8) is 0 Å². The normalized spacial score (nSPS) is 11.2. The first-order valence-corrected chi connectivity index (χ1v) is 7.78. The Morgan fingerprint density at radius 2 is 1.90 bits per heavy atom. The molecule has 0 aromatic carbocycles. The fraction of sp³-hybridized carbons (Fsp3) is 0.750. The van der Waals surface area contributed by atoms with Gasteiger partial charge in [0.15, 0.2) is 0 Å². The van der Waals surface area contributed by atoms with Crippen molar-refractivity contribution in [2.75, 3.05) is 30.4 Å². The van der Waals surface area contributed by atoms with Gasteiger partial charge in [0, 0.05) is 32.1 Å². The van der Waals surface area contributed by atoms with Crippen LogP contribution in [-0.2, 0) is 0 Å². The number of rotatable bonds is 8. The van der Waals surface area contributed by atoms with Gasteiger partial charge in [-0.2, -0.15) is 0 Å². The molecule has 0 amide bonds. The second-order valence-electron chi connectivity index (χ2n) is 6.16. The second kappa shape index (κ2) is 8.08. The lowest BCUT2D eigenvalue weighted by atomic mass is 10.1. The third-order valence-electron chi connectivity index (χ3n) is 3.24. The standard InChI is InChI=1S/C16H30N4/c1-7-9-17-14-11-15(19-16(18-14)13(4)5)20(6)10-8-12(2)3/h11-13H,7-10H2,1-6H3,(H,17,18,19). The molecule has 0 aliphatic carbocycles. The van der Waals surface area contributed by atoms with Crippen molar-refractivity contribution in [2.24, 2.45) is 5.92 Å². The molecule has 1 N–H and O–H groups in total. The smallest absolute Gasteiger partial charge is 0.135 e. The molecule has 0 unspecified atom stereocenters. The zero-order chi connectivity index (χ0) is 15.1. The van der Waals surface area contributed by atoms with Crippen LogP contribution in [0.3, 0.4) is 0 Å². The lowest BCUT2D eigenvalue weighted by molar-refractivity contribution is 0.582. The zero-order valence-electron chi connectivity index (χ0n) is 13.9. The van der Waals surface area contributed by atoms with Crippen molar-refractivity contribution in [1.29, 1.82) is 0 Å². The van der Waals surface area contributed by atoms with Crippen LogP contribution in [0.4, 0.5) is 11.6 Å². The average Bonchev–Trinajstić information content (AvgIpc) is 2.41. The summed E-state index contributed by atoms with van der Waals surface area (Å²) in [4.78, 5) is 11.5. The Morgan fingerprint density at radius 3 is 2.45 bits per heavy atom. The SMILES string of the molecule is CCCNc1cc(N(C)CCC(C)C)nc(C(C)C)n1. The predicted octanol–water partition coefficient (Wildman–Crippen LogP) is 3.90. The van der Waals surface area contributed by atoms with Gasteiger partial charge in [-0.15, -0.1) is 0 Å². The number of anilines is 2. The fourth-order valence-corrected chi connectivity index (χ4v) is 1.82. The van der Waals surface area contributed by atoms with E-state index in [9.17, 15) is 0 Å². The van der Waals surface area contributed by atoms with Crippen molar-refractivity contribution < 1.29 is 0 Å². The quantitative estimate of drug-likeness (QED) is 0.783. The van der Waals surface area contributed by atoms with Crippen molar-refractivity contribution in [3.05, 3.63) is 11.9 Å².